The lowest BCUT2D eigenvalue weighted by Crippen LogP contribution is -2.41. The van der Waals surface area contributed by atoms with Crippen LogP contribution in [0.25, 0.3) is 0 Å². The quantitative estimate of drug-likeness (QED) is 0.767. The molecule has 10 heteroatoms. The summed E-state index contributed by atoms with van der Waals surface area (Å²) in [5, 5.41) is 3.28. The fourth-order valence-corrected chi connectivity index (χ4v) is 5.05. The number of carbonyl (C=O) groups is 1. The predicted molar refractivity (Wildman–Crippen MR) is 111 cm³/mol. The second-order valence-electron chi connectivity index (χ2n) is 7.42. The lowest BCUT2D eigenvalue weighted by atomic mass is 9.77. The molecule has 158 valence electrons. The molecule has 1 fully saturated rings. The van der Waals surface area contributed by atoms with Gasteiger partial charge in [0.2, 0.25) is 0 Å². The Kier molecular flexibility index (Phi) is 5.46. The van der Waals surface area contributed by atoms with E-state index in [1.807, 2.05) is 26.0 Å². The number of aliphatic imine (C=N–C) groups is 1. The molecule has 0 unspecified atom stereocenters. The third kappa shape index (κ3) is 3.65. The Morgan fingerprint density at radius 1 is 1.37 bits per heavy atom. The summed E-state index contributed by atoms with van der Waals surface area (Å²) in [5.74, 6) is 0.427. The van der Waals surface area contributed by atoms with Crippen LogP contribution >= 0.6 is 11.8 Å². The van der Waals surface area contributed by atoms with E-state index >= 15 is 0 Å². The number of fused-ring (bicyclic) bond motifs is 1. The molecule has 7 nitrogen and oxygen atoms in total. The average molecular weight is 433 g/mol. The number of benzene rings is 1. The Morgan fingerprint density at radius 2 is 2.17 bits per heavy atom. The molecular formula is C20H21F2N5O2S. The maximum Gasteiger partial charge on any atom is 0.281 e. The first kappa shape index (κ1) is 20.7. The van der Waals surface area contributed by atoms with Crippen molar-refractivity contribution in [3.05, 3.63) is 53.1 Å². The Labute approximate surface area is 176 Å². The van der Waals surface area contributed by atoms with Crippen LogP contribution in [-0.2, 0) is 10.3 Å². The molecule has 2 aliphatic heterocycles. The van der Waals surface area contributed by atoms with E-state index in [9.17, 15) is 13.6 Å². The number of amidine groups is 1. The summed E-state index contributed by atoms with van der Waals surface area (Å²) in [6.07, 6.45) is -0.760. The van der Waals surface area contributed by atoms with Crippen LogP contribution in [0.4, 0.5) is 14.5 Å². The number of carbonyl (C=O) groups excluding carboxylic acids is 1. The van der Waals surface area contributed by atoms with Gasteiger partial charge in [-0.25, -0.2) is 18.8 Å². The zero-order valence-corrected chi connectivity index (χ0v) is 17.2. The molecule has 0 radical (unpaired) electrons. The van der Waals surface area contributed by atoms with Crippen molar-refractivity contribution in [1.29, 1.82) is 0 Å². The molecule has 0 aliphatic carbocycles. The van der Waals surface area contributed by atoms with E-state index in [0.717, 1.165) is 29.3 Å². The van der Waals surface area contributed by atoms with Gasteiger partial charge in [-0.3, -0.25) is 9.78 Å². The highest BCUT2D eigenvalue weighted by Gasteiger charge is 2.52. The molecule has 0 spiro atoms. The number of nitrogens with one attached hydrogen (secondary N) is 1. The molecular weight excluding hydrogens is 412 g/mol. The van der Waals surface area contributed by atoms with Gasteiger partial charge in [-0.1, -0.05) is 17.8 Å². The lowest BCUT2D eigenvalue weighted by Gasteiger charge is -2.36. The number of alkyl halides is 2. The van der Waals surface area contributed by atoms with E-state index < -0.39 is 23.6 Å². The van der Waals surface area contributed by atoms with Crippen LogP contribution in [0.2, 0.25) is 0 Å². The molecule has 3 heterocycles. The van der Waals surface area contributed by atoms with E-state index in [2.05, 4.69) is 15.3 Å². The number of halogens is 2. The van der Waals surface area contributed by atoms with E-state index in [0.29, 0.717) is 17.5 Å². The minimum atomic E-state index is -2.74. The van der Waals surface area contributed by atoms with Crippen LogP contribution in [0, 0.1) is 12.8 Å². The van der Waals surface area contributed by atoms with E-state index in [-0.39, 0.29) is 17.7 Å². The van der Waals surface area contributed by atoms with Crippen molar-refractivity contribution in [2.75, 3.05) is 17.7 Å². The number of hydrogen-bond donors (Lipinski definition) is 2. The standard InChI is InChI=1S/C20H21F2N5O2S/c1-10-3-4-12(26-18(28)16-7-24-15(6-25-16)17(21)22)5-13(10)20-9-29-11(2)14(20)8-30-19(23)27-20/h3-7,11,14,17H,8-9H2,1-2H3,(H2,23,27)(H,26,28)/t11-,14-,20-/m1/s1. The van der Waals surface area contributed by atoms with Crippen molar-refractivity contribution >= 4 is 28.5 Å². The highest BCUT2D eigenvalue weighted by atomic mass is 32.2. The zero-order chi connectivity index (χ0) is 21.5. The predicted octanol–water partition coefficient (Wildman–Crippen LogP) is 3.27. The van der Waals surface area contributed by atoms with Gasteiger partial charge in [0.15, 0.2) is 5.17 Å². The molecule has 1 amide bonds. The number of hydrogen-bond acceptors (Lipinski definition) is 7. The first-order valence-corrected chi connectivity index (χ1v) is 10.4. The summed E-state index contributed by atoms with van der Waals surface area (Å²) < 4.78 is 31.2. The van der Waals surface area contributed by atoms with Gasteiger partial charge in [0.25, 0.3) is 12.3 Å². The molecule has 2 aromatic rings. The van der Waals surface area contributed by atoms with Gasteiger partial charge in [0.05, 0.1) is 25.1 Å². The highest BCUT2D eigenvalue weighted by Crippen LogP contribution is 2.48. The zero-order valence-electron chi connectivity index (χ0n) is 16.4. The second-order valence-corrected chi connectivity index (χ2v) is 8.46. The fraction of sp³-hybridized carbons (Fsp3) is 0.400. The van der Waals surface area contributed by atoms with Crippen LogP contribution in [0.3, 0.4) is 0 Å². The van der Waals surface area contributed by atoms with Gasteiger partial charge >= 0.3 is 0 Å². The average Bonchev–Trinajstić information content (AvgIpc) is 3.06. The normalized spacial score (nSPS) is 25.7. The van der Waals surface area contributed by atoms with Crippen molar-refractivity contribution in [2.45, 2.75) is 31.9 Å². The molecule has 3 N–H and O–H groups in total. The topological polar surface area (TPSA) is 102 Å². The maximum absolute atomic E-state index is 12.6. The number of amides is 1. The van der Waals surface area contributed by atoms with Crippen LogP contribution in [0.15, 0.2) is 35.6 Å². The molecule has 1 aromatic heterocycles. The van der Waals surface area contributed by atoms with Crippen molar-refractivity contribution in [2.24, 2.45) is 16.6 Å². The molecule has 1 aromatic carbocycles. The summed E-state index contributed by atoms with van der Waals surface area (Å²) in [7, 11) is 0. The number of nitrogens with zero attached hydrogens (tertiary/aromatic N) is 3. The van der Waals surface area contributed by atoms with Crippen molar-refractivity contribution in [3.63, 3.8) is 0 Å². The molecule has 30 heavy (non-hydrogen) atoms. The van der Waals surface area contributed by atoms with Gasteiger partial charge in [-0.05, 0) is 37.1 Å². The first-order valence-electron chi connectivity index (χ1n) is 9.42. The van der Waals surface area contributed by atoms with Gasteiger partial charge in [0.1, 0.15) is 16.9 Å². The fourth-order valence-electron chi connectivity index (χ4n) is 3.93. The van der Waals surface area contributed by atoms with Gasteiger partial charge in [0, 0.05) is 17.4 Å². The second kappa shape index (κ2) is 7.92. The number of anilines is 1. The number of aryl methyl sites for hydroxylation is 1. The van der Waals surface area contributed by atoms with Gasteiger partial charge in [-0.2, -0.15) is 0 Å². The summed E-state index contributed by atoms with van der Waals surface area (Å²) >= 11 is 1.52. The maximum atomic E-state index is 12.6. The van der Waals surface area contributed by atoms with Crippen LogP contribution in [-0.4, -0.2) is 39.5 Å². The van der Waals surface area contributed by atoms with E-state index in [4.69, 9.17) is 15.5 Å². The summed E-state index contributed by atoms with van der Waals surface area (Å²) in [4.78, 5) is 24.7. The Hall–Kier alpha value is -2.59. The molecule has 0 bridgehead atoms. The highest BCUT2D eigenvalue weighted by molar-refractivity contribution is 8.13. The number of nitrogens with two attached hydrogens (primary N) is 1. The minimum absolute atomic E-state index is 0.0376. The van der Waals surface area contributed by atoms with Crippen molar-refractivity contribution in [1.82, 2.24) is 9.97 Å². The number of thioether (sulfide) groups is 1. The third-order valence-corrected chi connectivity index (χ3v) is 6.47. The SMILES string of the molecule is Cc1ccc(NC(=O)c2cnc(C(F)F)cn2)cc1[C@]12CO[C@H](C)[C@H]1CSC(N)=N2. The smallest absolute Gasteiger partial charge is 0.281 e. The molecule has 4 rings (SSSR count). The van der Waals surface area contributed by atoms with E-state index in [1.165, 1.54) is 11.8 Å². The van der Waals surface area contributed by atoms with Gasteiger partial charge < -0.3 is 15.8 Å². The lowest BCUT2D eigenvalue weighted by molar-refractivity contribution is 0.102. The first-order chi connectivity index (χ1) is 14.3. The summed E-state index contributed by atoms with van der Waals surface area (Å²) in [6.45, 7) is 4.43. The van der Waals surface area contributed by atoms with Crippen LogP contribution in [0.5, 0.6) is 0 Å². The molecule has 2 aliphatic rings. The molecule has 0 saturated carbocycles. The third-order valence-electron chi connectivity index (χ3n) is 5.56. The monoisotopic (exact) mass is 433 g/mol. The van der Waals surface area contributed by atoms with Crippen molar-refractivity contribution < 1.29 is 18.3 Å². The Balaban J connectivity index is 1.64. The van der Waals surface area contributed by atoms with Crippen molar-refractivity contribution in [3.8, 4) is 0 Å². The minimum Gasteiger partial charge on any atom is -0.379 e. The number of rotatable bonds is 4. The van der Waals surface area contributed by atoms with Crippen LogP contribution < -0.4 is 11.1 Å². The van der Waals surface area contributed by atoms with E-state index in [1.54, 1.807) is 6.07 Å². The van der Waals surface area contributed by atoms with Gasteiger partial charge in [-0.15, -0.1) is 0 Å². The Bertz CT molecular complexity index is 1000. The summed E-state index contributed by atoms with van der Waals surface area (Å²) in [6, 6.07) is 5.54. The largest absolute Gasteiger partial charge is 0.379 e. The Morgan fingerprint density at radius 3 is 2.87 bits per heavy atom. The molecule has 3 atom stereocenters. The summed E-state index contributed by atoms with van der Waals surface area (Å²) in [5.41, 5.74) is 7.43. The van der Waals surface area contributed by atoms with Crippen LogP contribution in [0.1, 0.15) is 40.7 Å². The number of aromatic nitrogens is 2. The number of ether oxygens (including phenoxy) is 1. The molecule has 1 saturated heterocycles.